The van der Waals surface area contributed by atoms with Gasteiger partial charge in [0.15, 0.2) is 5.75 Å². The molecule has 15 nitrogen and oxygen atoms in total. The fourth-order valence-electron chi connectivity index (χ4n) is 2.74. The quantitative estimate of drug-likeness (QED) is 0.271. The van der Waals surface area contributed by atoms with E-state index in [1.165, 1.54) is 6.20 Å². The lowest BCUT2D eigenvalue weighted by atomic mass is 10.1. The first kappa shape index (κ1) is 22.8. The van der Waals surface area contributed by atoms with E-state index in [4.69, 9.17) is 5.73 Å². The minimum absolute atomic E-state index is 0.0675. The molecule has 3 rings (SSSR count). The predicted molar refractivity (Wildman–Crippen MR) is 106 cm³/mol. The molecule has 0 saturated carbocycles. The van der Waals surface area contributed by atoms with Crippen LogP contribution in [0.1, 0.15) is 10.5 Å². The normalized spacial score (nSPS) is 18.8. The first-order chi connectivity index (χ1) is 15.0. The summed E-state index contributed by atoms with van der Waals surface area (Å²) in [5, 5.41) is 10.1. The van der Waals surface area contributed by atoms with Gasteiger partial charge in [-0.2, -0.15) is 0 Å². The molecule has 172 valence electrons. The second-order valence-corrected chi connectivity index (χ2v) is 8.56. The van der Waals surface area contributed by atoms with E-state index < -0.39 is 56.9 Å². The van der Waals surface area contributed by atoms with E-state index in [2.05, 4.69) is 10.4 Å². The monoisotopic (exact) mass is 469 g/mol. The number of urea groups is 2. The predicted octanol–water partition coefficient (Wildman–Crippen LogP) is -2.81. The molecule has 2 aliphatic rings. The molecule has 1 aromatic rings. The van der Waals surface area contributed by atoms with Crippen LogP contribution in [-0.2, 0) is 14.8 Å². The van der Waals surface area contributed by atoms with Crippen molar-refractivity contribution >= 4 is 33.9 Å². The number of aromatic nitrogens is 1. The molecule has 2 saturated heterocycles. The van der Waals surface area contributed by atoms with Gasteiger partial charge in [0.25, 0.3) is 5.91 Å². The first-order valence-electron chi connectivity index (χ1n) is 9.07. The maximum Gasteiger partial charge on any atom is 0.342 e. The molecule has 2 fully saturated rings. The molecular formula is C16H19N7O8S. The number of amides is 6. The van der Waals surface area contributed by atoms with Crippen molar-refractivity contribution in [3.8, 4) is 5.75 Å². The maximum absolute atomic E-state index is 12.3. The zero-order valence-electron chi connectivity index (χ0n) is 16.3. The summed E-state index contributed by atoms with van der Waals surface area (Å²) in [4.78, 5) is 63.2. The minimum Gasteiger partial charge on any atom is -0.503 e. The van der Waals surface area contributed by atoms with E-state index in [-0.39, 0.29) is 25.3 Å². The van der Waals surface area contributed by atoms with Crippen molar-refractivity contribution < 1.29 is 32.7 Å². The van der Waals surface area contributed by atoms with Gasteiger partial charge in [-0.05, 0) is 0 Å². The van der Waals surface area contributed by atoms with E-state index in [1.807, 2.05) is 0 Å². The van der Waals surface area contributed by atoms with Gasteiger partial charge in [-0.15, -0.1) is 0 Å². The Morgan fingerprint density at radius 3 is 2.62 bits per heavy atom. The molecule has 16 heteroatoms. The van der Waals surface area contributed by atoms with Crippen molar-refractivity contribution in [2.45, 2.75) is 6.04 Å². The Morgan fingerprint density at radius 1 is 1.28 bits per heavy atom. The lowest BCUT2D eigenvalue weighted by Gasteiger charge is -2.33. The van der Waals surface area contributed by atoms with E-state index >= 15 is 0 Å². The number of H-pyrrole nitrogens is 1. The molecule has 0 unspecified atom stereocenters. The van der Waals surface area contributed by atoms with E-state index in [0.29, 0.717) is 4.90 Å². The number of nitrogens with one attached hydrogen (secondary N) is 3. The topological polar surface area (TPSA) is 215 Å². The Kier molecular flexibility index (Phi) is 6.17. The van der Waals surface area contributed by atoms with Crippen molar-refractivity contribution in [2.75, 3.05) is 25.4 Å². The number of imide groups is 1. The van der Waals surface area contributed by atoms with Crippen LogP contribution >= 0.6 is 0 Å². The number of carbonyl (C=O) groups excluding carboxylic acids is 4. The second-order valence-electron chi connectivity index (χ2n) is 6.79. The van der Waals surface area contributed by atoms with Crippen molar-refractivity contribution in [3.05, 3.63) is 40.5 Å². The molecule has 32 heavy (non-hydrogen) atoms. The van der Waals surface area contributed by atoms with Gasteiger partial charge in [-0.1, -0.05) is 6.08 Å². The summed E-state index contributed by atoms with van der Waals surface area (Å²) < 4.78 is 25.7. The van der Waals surface area contributed by atoms with Crippen LogP contribution in [0.25, 0.3) is 0 Å². The SMILES string of the molecule is N[C@H]1CN(C(=O)NS(=O)(=O)CC=CN2CCN(NC(=O)c3cc(=O)c(O)c[nH]3)C2=O)C1=O. The van der Waals surface area contributed by atoms with Gasteiger partial charge in [0, 0.05) is 25.0 Å². The van der Waals surface area contributed by atoms with Gasteiger partial charge in [-0.25, -0.2) is 27.7 Å². The number of pyridine rings is 1. The molecule has 6 amide bonds. The first-order valence-corrected chi connectivity index (χ1v) is 10.7. The highest BCUT2D eigenvalue weighted by atomic mass is 32.2. The van der Waals surface area contributed by atoms with Crippen molar-refractivity contribution in [1.82, 2.24) is 29.9 Å². The largest absolute Gasteiger partial charge is 0.503 e. The number of hydrogen-bond acceptors (Lipinski definition) is 9. The summed E-state index contributed by atoms with van der Waals surface area (Å²) in [5.41, 5.74) is 6.66. The summed E-state index contributed by atoms with van der Waals surface area (Å²) >= 11 is 0. The number of hydrogen-bond donors (Lipinski definition) is 5. The summed E-state index contributed by atoms with van der Waals surface area (Å²) in [6.07, 6.45) is 3.22. The van der Waals surface area contributed by atoms with Crippen LogP contribution in [0.3, 0.4) is 0 Å². The molecule has 6 N–H and O–H groups in total. The third-order valence-electron chi connectivity index (χ3n) is 4.47. The Hall–Kier alpha value is -3.92. The lowest BCUT2D eigenvalue weighted by Crippen LogP contribution is -2.65. The molecule has 0 spiro atoms. The number of β-lactam (4-membered cyclic amide) rings is 1. The average molecular weight is 469 g/mol. The van der Waals surface area contributed by atoms with Crippen molar-refractivity contribution in [3.63, 3.8) is 0 Å². The Labute approximate surface area is 180 Å². The number of aromatic amines is 1. The molecule has 1 atom stereocenters. The highest BCUT2D eigenvalue weighted by Crippen LogP contribution is 2.10. The Balaban J connectivity index is 1.51. The van der Waals surface area contributed by atoms with Gasteiger partial charge in [0.05, 0.1) is 18.8 Å². The maximum atomic E-state index is 12.3. The molecule has 0 aliphatic carbocycles. The third kappa shape index (κ3) is 4.86. The van der Waals surface area contributed by atoms with Crippen molar-refractivity contribution in [1.29, 1.82) is 0 Å². The van der Waals surface area contributed by atoms with Crippen LogP contribution in [0.5, 0.6) is 5.75 Å². The zero-order chi connectivity index (χ0) is 23.6. The molecule has 2 aliphatic heterocycles. The average Bonchev–Trinajstić information content (AvgIpc) is 3.06. The van der Waals surface area contributed by atoms with Gasteiger partial charge >= 0.3 is 12.1 Å². The molecular weight excluding hydrogens is 450 g/mol. The Bertz CT molecular complexity index is 1160. The van der Waals surface area contributed by atoms with Crippen LogP contribution in [0.15, 0.2) is 29.3 Å². The summed E-state index contributed by atoms with van der Waals surface area (Å²) in [7, 11) is -4.12. The van der Waals surface area contributed by atoms with E-state index in [1.54, 1.807) is 4.72 Å². The molecule has 0 bridgehead atoms. The van der Waals surface area contributed by atoms with Crippen LogP contribution in [-0.4, -0.2) is 88.6 Å². The highest BCUT2D eigenvalue weighted by Gasteiger charge is 2.39. The number of likely N-dealkylation sites (tertiary alicyclic amines) is 1. The summed E-state index contributed by atoms with van der Waals surface area (Å²) in [5.74, 6) is -2.71. The standard InChI is InChI=1S/C16H19N7O8S/c17-9-8-22(14(9)27)15(28)20-32(30,31)5-1-2-21-3-4-23(16(21)29)19-13(26)10-6-11(24)12(25)7-18-10/h1-2,6-7,9,25H,3-5,8,17H2,(H,18,24)(H,19,26)(H,20,28)/t9-/m0/s1. The van der Waals surface area contributed by atoms with Crippen molar-refractivity contribution in [2.24, 2.45) is 5.73 Å². The summed E-state index contributed by atoms with van der Waals surface area (Å²) in [6.45, 7) is 0.101. The van der Waals surface area contributed by atoms with Crippen LogP contribution in [0, 0.1) is 0 Å². The number of nitrogens with zero attached hydrogens (tertiary/aromatic N) is 3. The molecule has 1 aromatic heterocycles. The summed E-state index contributed by atoms with van der Waals surface area (Å²) in [6, 6.07) is -1.74. The number of carbonyl (C=O) groups is 4. The third-order valence-corrected chi connectivity index (χ3v) is 5.58. The van der Waals surface area contributed by atoms with Gasteiger partial charge in [-0.3, -0.25) is 29.6 Å². The number of aromatic hydroxyl groups is 1. The number of hydrazine groups is 1. The van der Waals surface area contributed by atoms with Crippen LogP contribution < -0.4 is 21.3 Å². The van der Waals surface area contributed by atoms with E-state index in [9.17, 15) is 37.5 Å². The highest BCUT2D eigenvalue weighted by molar-refractivity contribution is 7.90. The fraction of sp³-hybridized carbons (Fsp3) is 0.312. The van der Waals surface area contributed by atoms with Gasteiger partial charge < -0.3 is 15.8 Å². The van der Waals surface area contributed by atoms with Gasteiger partial charge in [0.1, 0.15) is 11.7 Å². The number of sulfonamides is 1. The zero-order valence-corrected chi connectivity index (χ0v) is 17.2. The molecule has 0 radical (unpaired) electrons. The van der Waals surface area contributed by atoms with Crippen LogP contribution in [0.4, 0.5) is 9.59 Å². The molecule has 0 aromatic carbocycles. The van der Waals surface area contributed by atoms with Crippen LogP contribution in [0.2, 0.25) is 0 Å². The van der Waals surface area contributed by atoms with Gasteiger partial charge in [0.2, 0.25) is 21.4 Å². The second kappa shape index (κ2) is 8.67. The smallest absolute Gasteiger partial charge is 0.342 e. The fourth-order valence-corrected chi connectivity index (χ4v) is 3.54. The number of rotatable bonds is 6. The Morgan fingerprint density at radius 2 is 2.00 bits per heavy atom. The lowest BCUT2D eigenvalue weighted by molar-refractivity contribution is -0.137. The molecule has 3 heterocycles. The minimum atomic E-state index is -4.12. The number of nitrogens with two attached hydrogens (primary N) is 1. The van der Waals surface area contributed by atoms with E-state index in [0.717, 1.165) is 28.2 Å².